The van der Waals surface area contributed by atoms with E-state index in [-0.39, 0.29) is 23.6 Å². The first-order valence-corrected chi connectivity index (χ1v) is 5.53. The highest BCUT2D eigenvalue weighted by molar-refractivity contribution is 6.17. The normalized spacial score (nSPS) is 9.61. The number of halogens is 1. The summed E-state index contributed by atoms with van der Waals surface area (Å²) in [5.74, 6) is -0.825. The van der Waals surface area contributed by atoms with Crippen molar-refractivity contribution in [1.29, 1.82) is 5.26 Å². The topological polar surface area (TPSA) is 93.2 Å². The Bertz CT molecular complexity index is 537. The van der Waals surface area contributed by atoms with Crippen LogP contribution in [-0.2, 0) is 10.6 Å². The third kappa shape index (κ3) is 2.57. The van der Waals surface area contributed by atoms with Gasteiger partial charge in [-0.2, -0.15) is 5.26 Å². The van der Waals surface area contributed by atoms with E-state index in [1.165, 1.54) is 6.07 Å². The van der Waals surface area contributed by atoms with Gasteiger partial charge < -0.3 is 4.74 Å². The van der Waals surface area contributed by atoms with Gasteiger partial charge in [0.1, 0.15) is 11.6 Å². The second kappa shape index (κ2) is 5.98. The SMILES string of the molecule is CCOC(=O)c1c(CCl)ccc([N+](=O)[O-])c1C#N. The number of rotatable bonds is 4. The summed E-state index contributed by atoms with van der Waals surface area (Å²) in [6, 6.07) is 4.16. The molecule has 1 aromatic rings. The molecular formula is C11H9ClN2O4. The lowest BCUT2D eigenvalue weighted by atomic mass is 10.0. The largest absolute Gasteiger partial charge is 0.462 e. The van der Waals surface area contributed by atoms with Crippen LogP contribution in [0.5, 0.6) is 0 Å². The number of carbonyl (C=O) groups excluding carboxylic acids is 1. The fourth-order valence-corrected chi connectivity index (χ4v) is 1.67. The molecule has 0 bridgehead atoms. The number of hydrogen-bond acceptors (Lipinski definition) is 5. The molecular weight excluding hydrogens is 260 g/mol. The van der Waals surface area contributed by atoms with Crippen LogP contribution in [0, 0.1) is 21.4 Å². The van der Waals surface area contributed by atoms with Gasteiger partial charge in [-0.05, 0) is 12.5 Å². The third-order valence-electron chi connectivity index (χ3n) is 2.20. The van der Waals surface area contributed by atoms with E-state index in [1.54, 1.807) is 13.0 Å². The smallest absolute Gasteiger partial charge is 0.340 e. The Morgan fingerprint density at radius 1 is 1.61 bits per heavy atom. The molecule has 18 heavy (non-hydrogen) atoms. The number of alkyl halides is 1. The van der Waals surface area contributed by atoms with Crippen LogP contribution in [0.15, 0.2) is 12.1 Å². The summed E-state index contributed by atoms with van der Waals surface area (Å²) in [5.41, 5.74) is -0.563. The van der Waals surface area contributed by atoms with E-state index in [9.17, 15) is 14.9 Å². The minimum atomic E-state index is -0.784. The first-order valence-electron chi connectivity index (χ1n) is 5.00. The van der Waals surface area contributed by atoms with Crippen LogP contribution < -0.4 is 0 Å². The number of nitriles is 1. The van der Waals surface area contributed by atoms with Crippen LogP contribution in [-0.4, -0.2) is 17.5 Å². The zero-order valence-electron chi connectivity index (χ0n) is 9.47. The molecule has 0 aliphatic carbocycles. The summed E-state index contributed by atoms with van der Waals surface area (Å²) in [6.07, 6.45) is 0. The van der Waals surface area contributed by atoms with Crippen LogP contribution in [0.4, 0.5) is 5.69 Å². The Morgan fingerprint density at radius 2 is 2.28 bits per heavy atom. The zero-order valence-corrected chi connectivity index (χ0v) is 10.2. The molecule has 6 nitrogen and oxygen atoms in total. The standard InChI is InChI=1S/C11H9ClN2O4/c1-2-18-11(15)10-7(5-12)3-4-9(14(16)17)8(10)6-13/h3-4H,2,5H2,1H3. The van der Waals surface area contributed by atoms with E-state index >= 15 is 0 Å². The molecule has 0 aromatic heterocycles. The first-order chi connectivity index (χ1) is 8.56. The van der Waals surface area contributed by atoms with Gasteiger partial charge in [0.05, 0.1) is 17.1 Å². The van der Waals surface area contributed by atoms with Crippen molar-refractivity contribution in [2.75, 3.05) is 6.61 Å². The second-order valence-corrected chi connectivity index (χ2v) is 3.48. The van der Waals surface area contributed by atoms with Crippen molar-refractivity contribution in [2.24, 2.45) is 0 Å². The van der Waals surface area contributed by atoms with Gasteiger partial charge in [-0.15, -0.1) is 11.6 Å². The van der Waals surface area contributed by atoms with Gasteiger partial charge in [0.15, 0.2) is 0 Å². The molecule has 0 aliphatic rings. The molecule has 0 heterocycles. The summed E-state index contributed by atoms with van der Waals surface area (Å²) in [4.78, 5) is 21.8. The average molecular weight is 269 g/mol. The van der Waals surface area contributed by atoms with Crippen molar-refractivity contribution >= 4 is 23.3 Å². The van der Waals surface area contributed by atoms with Gasteiger partial charge in [0.25, 0.3) is 5.69 Å². The molecule has 94 valence electrons. The molecule has 0 unspecified atom stereocenters. The molecule has 1 rings (SSSR count). The molecule has 0 N–H and O–H groups in total. The number of hydrogen-bond donors (Lipinski definition) is 0. The van der Waals surface area contributed by atoms with Crippen molar-refractivity contribution in [1.82, 2.24) is 0 Å². The van der Waals surface area contributed by atoms with Crippen LogP contribution >= 0.6 is 11.6 Å². The fourth-order valence-electron chi connectivity index (χ4n) is 1.45. The van der Waals surface area contributed by atoms with Crippen molar-refractivity contribution in [3.8, 4) is 6.07 Å². The molecule has 0 spiro atoms. The van der Waals surface area contributed by atoms with E-state index in [0.717, 1.165) is 6.07 Å². The van der Waals surface area contributed by atoms with Crippen LogP contribution in [0.3, 0.4) is 0 Å². The maximum Gasteiger partial charge on any atom is 0.340 e. The van der Waals surface area contributed by atoms with Gasteiger partial charge in [-0.3, -0.25) is 10.1 Å². The lowest BCUT2D eigenvalue weighted by Gasteiger charge is -2.08. The van der Waals surface area contributed by atoms with E-state index < -0.39 is 16.6 Å². The summed E-state index contributed by atoms with van der Waals surface area (Å²) in [7, 11) is 0. The fraction of sp³-hybridized carbons (Fsp3) is 0.273. The molecule has 0 saturated carbocycles. The third-order valence-corrected chi connectivity index (χ3v) is 2.49. The molecule has 1 aromatic carbocycles. The van der Waals surface area contributed by atoms with Crippen LogP contribution in [0.1, 0.15) is 28.4 Å². The number of esters is 1. The van der Waals surface area contributed by atoms with Crippen molar-refractivity contribution in [3.05, 3.63) is 38.9 Å². The van der Waals surface area contributed by atoms with Gasteiger partial charge >= 0.3 is 5.97 Å². The Balaban J connectivity index is 3.53. The Labute approximate surface area is 108 Å². The Hall–Kier alpha value is -2.13. The van der Waals surface area contributed by atoms with E-state index in [4.69, 9.17) is 21.6 Å². The van der Waals surface area contributed by atoms with E-state index in [0.29, 0.717) is 5.56 Å². The number of nitro benzene ring substituents is 1. The summed E-state index contributed by atoms with van der Waals surface area (Å²) in [5, 5.41) is 19.8. The number of carbonyl (C=O) groups is 1. The lowest BCUT2D eigenvalue weighted by molar-refractivity contribution is -0.385. The molecule has 7 heteroatoms. The molecule has 0 aliphatic heterocycles. The lowest BCUT2D eigenvalue weighted by Crippen LogP contribution is -2.11. The number of benzene rings is 1. The van der Waals surface area contributed by atoms with Gasteiger partial charge in [0.2, 0.25) is 0 Å². The van der Waals surface area contributed by atoms with Crippen molar-refractivity contribution in [2.45, 2.75) is 12.8 Å². The van der Waals surface area contributed by atoms with E-state index in [2.05, 4.69) is 0 Å². The van der Waals surface area contributed by atoms with Gasteiger partial charge in [0, 0.05) is 11.9 Å². The summed E-state index contributed by atoms with van der Waals surface area (Å²) >= 11 is 5.65. The molecule has 0 atom stereocenters. The maximum absolute atomic E-state index is 11.7. The molecule has 0 amide bonds. The summed E-state index contributed by atoms with van der Waals surface area (Å²) < 4.78 is 4.78. The highest BCUT2D eigenvalue weighted by atomic mass is 35.5. The highest BCUT2D eigenvalue weighted by Crippen LogP contribution is 2.26. The molecule has 0 radical (unpaired) electrons. The molecule has 0 saturated heterocycles. The predicted molar refractivity (Wildman–Crippen MR) is 63.3 cm³/mol. The monoisotopic (exact) mass is 268 g/mol. The van der Waals surface area contributed by atoms with Crippen molar-refractivity contribution in [3.63, 3.8) is 0 Å². The average Bonchev–Trinajstić information content (AvgIpc) is 2.36. The van der Waals surface area contributed by atoms with Gasteiger partial charge in [-0.25, -0.2) is 4.79 Å². The van der Waals surface area contributed by atoms with Crippen molar-refractivity contribution < 1.29 is 14.5 Å². The van der Waals surface area contributed by atoms with Crippen LogP contribution in [0.2, 0.25) is 0 Å². The van der Waals surface area contributed by atoms with E-state index in [1.807, 2.05) is 0 Å². The number of nitrogens with zero attached hydrogens (tertiary/aromatic N) is 2. The maximum atomic E-state index is 11.7. The highest BCUT2D eigenvalue weighted by Gasteiger charge is 2.25. The zero-order chi connectivity index (χ0) is 13.7. The number of nitro groups is 1. The predicted octanol–water partition coefficient (Wildman–Crippen LogP) is 2.38. The van der Waals surface area contributed by atoms with Crippen LogP contribution in [0.25, 0.3) is 0 Å². The Morgan fingerprint density at radius 3 is 2.72 bits per heavy atom. The number of ether oxygens (including phenoxy) is 1. The second-order valence-electron chi connectivity index (χ2n) is 3.22. The first kappa shape index (κ1) is 13.9. The minimum Gasteiger partial charge on any atom is -0.462 e. The minimum absolute atomic E-state index is 0.0409. The Kier molecular flexibility index (Phi) is 4.63. The quantitative estimate of drug-likeness (QED) is 0.362. The van der Waals surface area contributed by atoms with Gasteiger partial charge in [-0.1, -0.05) is 6.07 Å². The molecule has 0 fully saturated rings. The summed E-state index contributed by atoms with van der Waals surface area (Å²) in [6.45, 7) is 1.70.